The fourth-order valence-corrected chi connectivity index (χ4v) is 2.76. The number of nitriles is 1. The summed E-state index contributed by atoms with van der Waals surface area (Å²) in [4.78, 5) is 0. The van der Waals surface area contributed by atoms with E-state index in [2.05, 4.69) is 13.0 Å². The van der Waals surface area contributed by atoms with E-state index in [-0.39, 0.29) is 6.10 Å². The van der Waals surface area contributed by atoms with E-state index >= 15 is 0 Å². The van der Waals surface area contributed by atoms with Crippen LogP contribution in [0.1, 0.15) is 59.3 Å². The van der Waals surface area contributed by atoms with Crippen LogP contribution < -0.4 is 5.73 Å². The molecule has 0 aromatic carbocycles. The maximum Gasteiger partial charge on any atom is 0.103 e. The lowest BCUT2D eigenvalue weighted by Gasteiger charge is -2.32. The first-order chi connectivity index (χ1) is 7.96. The Bertz CT molecular complexity index is 270. The highest BCUT2D eigenvalue weighted by Crippen LogP contribution is 2.29. The largest absolute Gasteiger partial charge is 0.375 e. The lowest BCUT2D eigenvalue weighted by molar-refractivity contribution is -0.0399. The molecule has 0 aromatic rings. The van der Waals surface area contributed by atoms with Crippen LogP contribution in [0, 0.1) is 17.2 Å². The number of hydrogen-bond donors (Lipinski definition) is 1. The fraction of sp³-hybridized carbons (Fsp3) is 0.929. The number of hydrogen-bond acceptors (Lipinski definition) is 3. The van der Waals surface area contributed by atoms with E-state index < -0.39 is 5.54 Å². The summed E-state index contributed by atoms with van der Waals surface area (Å²) in [6.45, 7) is 6.05. The quantitative estimate of drug-likeness (QED) is 0.801. The summed E-state index contributed by atoms with van der Waals surface area (Å²) in [6, 6.07) is 2.13. The van der Waals surface area contributed by atoms with Gasteiger partial charge in [-0.25, -0.2) is 0 Å². The van der Waals surface area contributed by atoms with Crippen molar-refractivity contribution in [3.05, 3.63) is 0 Å². The maximum absolute atomic E-state index is 8.90. The molecule has 1 fully saturated rings. The topological polar surface area (TPSA) is 59.0 Å². The Kier molecular flexibility index (Phi) is 5.42. The molecule has 1 saturated carbocycles. The van der Waals surface area contributed by atoms with Crippen molar-refractivity contribution in [2.45, 2.75) is 77.0 Å². The van der Waals surface area contributed by atoms with Gasteiger partial charge < -0.3 is 10.5 Å². The van der Waals surface area contributed by atoms with Crippen LogP contribution in [0.15, 0.2) is 0 Å². The molecule has 0 saturated heterocycles. The Morgan fingerprint density at radius 2 is 2.24 bits per heavy atom. The first kappa shape index (κ1) is 14.5. The van der Waals surface area contributed by atoms with Gasteiger partial charge in [0.25, 0.3) is 0 Å². The van der Waals surface area contributed by atoms with Crippen LogP contribution >= 0.6 is 0 Å². The fourth-order valence-electron chi connectivity index (χ4n) is 2.76. The van der Waals surface area contributed by atoms with Crippen molar-refractivity contribution in [3.63, 3.8) is 0 Å². The van der Waals surface area contributed by atoms with Gasteiger partial charge in [-0.2, -0.15) is 5.26 Å². The van der Waals surface area contributed by atoms with Crippen LogP contribution in [0.25, 0.3) is 0 Å². The van der Waals surface area contributed by atoms with E-state index in [0.717, 1.165) is 12.3 Å². The molecule has 0 spiro atoms. The van der Waals surface area contributed by atoms with Crippen molar-refractivity contribution in [1.29, 1.82) is 5.26 Å². The minimum atomic E-state index is -0.766. The van der Waals surface area contributed by atoms with E-state index in [1.165, 1.54) is 25.7 Å². The van der Waals surface area contributed by atoms with Gasteiger partial charge in [0.2, 0.25) is 0 Å². The lowest BCUT2D eigenvalue weighted by atomic mass is 9.85. The number of rotatable bonds is 5. The van der Waals surface area contributed by atoms with E-state index in [0.29, 0.717) is 12.5 Å². The zero-order valence-corrected chi connectivity index (χ0v) is 11.4. The number of ether oxygens (including phenoxy) is 1. The molecule has 0 aliphatic heterocycles. The molecule has 2 N–H and O–H groups in total. The van der Waals surface area contributed by atoms with Gasteiger partial charge in [0.15, 0.2) is 0 Å². The summed E-state index contributed by atoms with van der Waals surface area (Å²) in [5.74, 6) is 0.821. The predicted molar refractivity (Wildman–Crippen MR) is 69.4 cm³/mol. The van der Waals surface area contributed by atoms with E-state index in [4.69, 9.17) is 15.7 Å². The third kappa shape index (κ3) is 5.06. The molecule has 0 aromatic heterocycles. The molecule has 0 radical (unpaired) electrons. The van der Waals surface area contributed by atoms with Crippen molar-refractivity contribution >= 4 is 0 Å². The Morgan fingerprint density at radius 1 is 1.53 bits per heavy atom. The molecule has 3 heteroatoms. The summed E-state index contributed by atoms with van der Waals surface area (Å²) in [5.41, 5.74) is 5.07. The Balaban J connectivity index is 2.36. The highest BCUT2D eigenvalue weighted by molar-refractivity contribution is 5.01. The van der Waals surface area contributed by atoms with Crippen molar-refractivity contribution in [2.24, 2.45) is 11.7 Å². The van der Waals surface area contributed by atoms with Crippen LogP contribution in [-0.4, -0.2) is 17.7 Å². The van der Waals surface area contributed by atoms with Crippen molar-refractivity contribution in [1.82, 2.24) is 0 Å². The molecule has 17 heavy (non-hydrogen) atoms. The molecule has 4 atom stereocenters. The summed E-state index contributed by atoms with van der Waals surface area (Å²) in [6.07, 6.45) is 7.26. The van der Waals surface area contributed by atoms with Crippen LogP contribution in [-0.2, 0) is 4.74 Å². The van der Waals surface area contributed by atoms with Gasteiger partial charge in [-0.1, -0.05) is 26.2 Å². The summed E-state index contributed by atoms with van der Waals surface area (Å²) >= 11 is 0. The Labute approximate surface area is 105 Å². The zero-order chi connectivity index (χ0) is 12.9. The predicted octanol–water partition coefficient (Wildman–Crippen LogP) is 2.99. The van der Waals surface area contributed by atoms with E-state index in [9.17, 15) is 0 Å². The Morgan fingerprint density at radius 3 is 2.82 bits per heavy atom. The van der Waals surface area contributed by atoms with E-state index in [1.807, 2.05) is 6.92 Å². The molecule has 1 aliphatic carbocycles. The molecule has 0 amide bonds. The van der Waals surface area contributed by atoms with Gasteiger partial charge in [-0.15, -0.1) is 0 Å². The first-order valence-corrected chi connectivity index (χ1v) is 6.82. The average Bonchev–Trinajstić information content (AvgIpc) is 2.28. The maximum atomic E-state index is 8.90. The second-order valence-corrected chi connectivity index (χ2v) is 5.74. The molecule has 1 aliphatic rings. The smallest absolute Gasteiger partial charge is 0.103 e. The molecule has 0 heterocycles. The third-order valence-electron chi connectivity index (χ3n) is 3.70. The first-order valence-electron chi connectivity index (χ1n) is 6.82. The zero-order valence-electron chi connectivity index (χ0n) is 11.4. The average molecular weight is 238 g/mol. The van der Waals surface area contributed by atoms with Crippen molar-refractivity contribution < 1.29 is 4.74 Å². The van der Waals surface area contributed by atoms with Gasteiger partial charge in [-0.3, -0.25) is 0 Å². The molecule has 1 rings (SSSR count). The molecule has 3 nitrogen and oxygen atoms in total. The van der Waals surface area contributed by atoms with Crippen LogP contribution in [0.4, 0.5) is 0 Å². The molecule has 0 bridgehead atoms. The van der Waals surface area contributed by atoms with Crippen molar-refractivity contribution in [3.8, 4) is 6.07 Å². The molecule has 4 unspecified atom stereocenters. The van der Waals surface area contributed by atoms with Crippen LogP contribution in [0.3, 0.4) is 0 Å². The molecule has 98 valence electrons. The third-order valence-corrected chi connectivity index (χ3v) is 3.70. The minimum Gasteiger partial charge on any atom is -0.375 e. The van der Waals surface area contributed by atoms with Crippen LogP contribution in [0.2, 0.25) is 0 Å². The van der Waals surface area contributed by atoms with Crippen molar-refractivity contribution in [2.75, 3.05) is 0 Å². The number of nitrogens with two attached hydrogens (primary N) is 1. The SMILES string of the molecule is CCC1CCCC(OC(C)CC(C)(N)C#N)C1. The highest BCUT2D eigenvalue weighted by atomic mass is 16.5. The van der Waals surface area contributed by atoms with Gasteiger partial charge in [-0.05, 0) is 32.6 Å². The molecular weight excluding hydrogens is 212 g/mol. The number of nitrogens with zero attached hydrogens (tertiary/aromatic N) is 1. The molecular formula is C14H26N2O. The van der Waals surface area contributed by atoms with Gasteiger partial charge in [0.05, 0.1) is 18.3 Å². The van der Waals surface area contributed by atoms with Crippen LogP contribution in [0.5, 0.6) is 0 Å². The normalized spacial score (nSPS) is 30.3. The minimum absolute atomic E-state index is 0.0743. The van der Waals surface area contributed by atoms with Gasteiger partial charge in [0.1, 0.15) is 5.54 Å². The Hall–Kier alpha value is -0.590. The lowest BCUT2D eigenvalue weighted by Crippen LogP contribution is -2.39. The second-order valence-electron chi connectivity index (χ2n) is 5.74. The van der Waals surface area contributed by atoms with Gasteiger partial charge in [0, 0.05) is 6.42 Å². The second kappa shape index (κ2) is 6.37. The highest BCUT2D eigenvalue weighted by Gasteiger charge is 2.26. The summed E-state index contributed by atoms with van der Waals surface area (Å²) in [5, 5.41) is 8.90. The monoisotopic (exact) mass is 238 g/mol. The summed E-state index contributed by atoms with van der Waals surface area (Å²) < 4.78 is 6.03. The standard InChI is InChI=1S/C14H26N2O/c1-4-12-6-5-7-13(8-12)17-11(2)9-14(3,16)10-15/h11-13H,4-9,16H2,1-3H3. The van der Waals surface area contributed by atoms with E-state index in [1.54, 1.807) is 6.92 Å². The van der Waals surface area contributed by atoms with Gasteiger partial charge >= 0.3 is 0 Å². The summed E-state index contributed by atoms with van der Waals surface area (Å²) in [7, 11) is 0.